The molecule has 0 bridgehead atoms. The standard InChI is InChI=1S/C10H12FNO3/c1-15-7-4-2-6(3-5-7)8(11)9(12)10(13)14/h2-5,8-9H,12H2,1H3,(H,13,14). The van der Waals surface area contributed by atoms with E-state index in [0.717, 1.165) is 0 Å². The Balaban J connectivity index is 2.82. The Bertz CT molecular complexity index is 339. The van der Waals surface area contributed by atoms with E-state index in [9.17, 15) is 9.18 Å². The van der Waals surface area contributed by atoms with Crippen LogP contribution in [0.5, 0.6) is 5.75 Å². The highest BCUT2D eigenvalue weighted by Gasteiger charge is 2.25. The number of aliphatic carboxylic acids is 1. The molecule has 1 aromatic carbocycles. The molecule has 4 nitrogen and oxygen atoms in total. The van der Waals surface area contributed by atoms with Crippen molar-refractivity contribution in [2.45, 2.75) is 12.2 Å². The van der Waals surface area contributed by atoms with E-state index in [2.05, 4.69) is 0 Å². The number of methoxy groups -OCH3 is 1. The molecule has 82 valence electrons. The zero-order chi connectivity index (χ0) is 11.4. The molecule has 2 unspecified atom stereocenters. The van der Waals surface area contributed by atoms with Crippen molar-refractivity contribution in [3.8, 4) is 5.75 Å². The predicted octanol–water partition coefficient (Wildman–Crippen LogP) is 1.12. The molecule has 0 heterocycles. The molecule has 0 spiro atoms. The monoisotopic (exact) mass is 213 g/mol. The van der Waals surface area contributed by atoms with Crippen LogP contribution < -0.4 is 10.5 Å². The molecule has 5 heteroatoms. The molecule has 1 rings (SSSR count). The third kappa shape index (κ3) is 2.66. The highest BCUT2D eigenvalue weighted by Crippen LogP contribution is 2.22. The van der Waals surface area contributed by atoms with E-state index in [1.165, 1.54) is 19.2 Å². The maximum Gasteiger partial charge on any atom is 0.323 e. The van der Waals surface area contributed by atoms with E-state index in [1.54, 1.807) is 12.1 Å². The number of benzene rings is 1. The number of rotatable bonds is 4. The zero-order valence-corrected chi connectivity index (χ0v) is 8.18. The minimum atomic E-state index is -1.71. The summed E-state index contributed by atoms with van der Waals surface area (Å²) in [5, 5.41) is 8.52. The van der Waals surface area contributed by atoms with Crippen LogP contribution in [-0.2, 0) is 4.79 Å². The maximum atomic E-state index is 13.5. The first kappa shape index (κ1) is 11.5. The van der Waals surface area contributed by atoms with Crippen molar-refractivity contribution in [2.24, 2.45) is 5.73 Å². The van der Waals surface area contributed by atoms with Crippen LogP contribution in [0.2, 0.25) is 0 Å². The van der Waals surface area contributed by atoms with Crippen molar-refractivity contribution < 1.29 is 19.0 Å². The van der Waals surface area contributed by atoms with Crippen LogP contribution >= 0.6 is 0 Å². The Labute approximate surface area is 86.5 Å². The smallest absolute Gasteiger partial charge is 0.323 e. The largest absolute Gasteiger partial charge is 0.497 e. The van der Waals surface area contributed by atoms with E-state index in [1.807, 2.05) is 0 Å². The van der Waals surface area contributed by atoms with Crippen molar-refractivity contribution in [1.82, 2.24) is 0 Å². The number of alkyl halides is 1. The number of ether oxygens (including phenoxy) is 1. The molecule has 2 atom stereocenters. The van der Waals surface area contributed by atoms with Gasteiger partial charge >= 0.3 is 5.97 Å². The van der Waals surface area contributed by atoms with Gasteiger partial charge in [0, 0.05) is 0 Å². The fraction of sp³-hybridized carbons (Fsp3) is 0.300. The molecule has 0 amide bonds. The number of hydrogen-bond donors (Lipinski definition) is 2. The van der Waals surface area contributed by atoms with E-state index < -0.39 is 18.2 Å². The lowest BCUT2D eigenvalue weighted by Gasteiger charge is -2.12. The lowest BCUT2D eigenvalue weighted by Crippen LogP contribution is -2.34. The van der Waals surface area contributed by atoms with Crippen LogP contribution in [0.1, 0.15) is 11.7 Å². The van der Waals surface area contributed by atoms with Gasteiger partial charge in [0.25, 0.3) is 0 Å². The molecule has 0 aliphatic heterocycles. The first-order valence-corrected chi connectivity index (χ1v) is 4.32. The summed E-state index contributed by atoms with van der Waals surface area (Å²) >= 11 is 0. The minimum absolute atomic E-state index is 0.228. The Morgan fingerprint density at radius 2 is 2.00 bits per heavy atom. The normalized spacial score (nSPS) is 14.3. The number of nitrogens with two attached hydrogens (primary N) is 1. The predicted molar refractivity (Wildman–Crippen MR) is 52.5 cm³/mol. The van der Waals surface area contributed by atoms with Crippen LogP contribution in [0, 0.1) is 0 Å². The Morgan fingerprint density at radius 3 is 2.40 bits per heavy atom. The van der Waals surface area contributed by atoms with Crippen molar-refractivity contribution in [3.05, 3.63) is 29.8 Å². The second-order valence-electron chi connectivity index (χ2n) is 3.04. The first-order valence-electron chi connectivity index (χ1n) is 4.32. The van der Waals surface area contributed by atoms with Crippen molar-refractivity contribution in [3.63, 3.8) is 0 Å². The fourth-order valence-corrected chi connectivity index (χ4v) is 1.12. The summed E-state index contributed by atoms with van der Waals surface area (Å²) < 4.78 is 18.4. The average molecular weight is 213 g/mol. The molecule has 15 heavy (non-hydrogen) atoms. The number of carboxylic acid groups (broad SMARTS) is 1. The van der Waals surface area contributed by atoms with Crippen molar-refractivity contribution >= 4 is 5.97 Å². The molecule has 0 fully saturated rings. The third-order valence-corrected chi connectivity index (χ3v) is 2.03. The van der Waals surface area contributed by atoms with Crippen molar-refractivity contribution in [1.29, 1.82) is 0 Å². The highest BCUT2D eigenvalue weighted by atomic mass is 19.1. The highest BCUT2D eigenvalue weighted by molar-refractivity contribution is 5.74. The summed E-state index contributed by atoms with van der Waals surface area (Å²) in [5.74, 6) is -0.784. The van der Waals surface area contributed by atoms with Gasteiger partial charge in [0.15, 0.2) is 6.17 Å². The van der Waals surface area contributed by atoms with E-state index >= 15 is 0 Å². The molecule has 1 aromatic rings. The molecular formula is C10H12FNO3. The Kier molecular flexibility index (Phi) is 3.62. The second kappa shape index (κ2) is 4.75. The number of carbonyl (C=O) groups is 1. The summed E-state index contributed by atoms with van der Waals surface area (Å²) in [7, 11) is 1.49. The average Bonchev–Trinajstić information content (AvgIpc) is 2.27. The van der Waals surface area contributed by atoms with Crippen LogP contribution in [0.25, 0.3) is 0 Å². The molecule has 0 aliphatic rings. The van der Waals surface area contributed by atoms with E-state index in [4.69, 9.17) is 15.6 Å². The molecule has 3 N–H and O–H groups in total. The van der Waals surface area contributed by atoms with Gasteiger partial charge in [-0.25, -0.2) is 4.39 Å². The van der Waals surface area contributed by atoms with Crippen molar-refractivity contribution in [2.75, 3.05) is 7.11 Å². The van der Waals surface area contributed by atoms with Crippen LogP contribution in [0.4, 0.5) is 4.39 Å². The number of hydrogen-bond acceptors (Lipinski definition) is 3. The van der Waals surface area contributed by atoms with Gasteiger partial charge in [-0.15, -0.1) is 0 Å². The minimum Gasteiger partial charge on any atom is -0.497 e. The number of halogens is 1. The summed E-state index contributed by atoms with van der Waals surface area (Å²) in [6.45, 7) is 0. The molecule has 0 saturated heterocycles. The summed E-state index contributed by atoms with van der Waals surface area (Å²) in [4.78, 5) is 10.4. The Morgan fingerprint density at radius 1 is 1.47 bits per heavy atom. The van der Waals surface area contributed by atoms with Gasteiger partial charge in [-0.05, 0) is 17.7 Å². The molecule has 0 saturated carbocycles. The topological polar surface area (TPSA) is 72.5 Å². The van der Waals surface area contributed by atoms with Crippen LogP contribution in [0.15, 0.2) is 24.3 Å². The quantitative estimate of drug-likeness (QED) is 0.786. The Hall–Kier alpha value is -1.62. The lowest BCUT2D eigenvalue weighted by atomic mass is 10.0. The first-order chi connectivity index (χ1) is 7.06. The van der Waals surface area contributed by atoms with Gasteiger partial charge in [-0.1, -0.05) is 12.1 Å². The van der Waals surface area contributed by atoms with Gasteiger partial charge in [-0.3, -0.25) is 4.79 Å². The van der Waals surface area contributed by atoms with Gasteiger partial charge < -0.3 is 15.6 Å². The summed E-state index contributed by atoms with van der Waals surface area (Å²) in [6, 6.07) is 4.46. The summed E-state index contributed by atoms with van der Waals surface area (Å²) in [5.41, 5.74) is 5.38. The van der Waals surface area contributed by atoms with Gasteiger partial charge in [0.2, 0.25) is 0 Å². The zero-order valence-electron chi connectivity index (χ0n) is 8.18. The molecule has 0 aliphatic carbocycles. The van der Waals surface area contributed by atoms with Gasteiger partial charge in [0.1, 0.15) is 11.8 Å². The second-order valence-corrected chi connectivity index (χ2v) is 3.04. The molecule has 0 radical (unpaired) electrons. The van der Waals surface area contributed by atoms with Crippen LogP contribution in [0.3, 0.4) is 0 Å². The SMILES string of the molecule is COc1ccc(C(F)C(N)C(=O)O)cc1. The van der Waals surface area contributed by atoms with Gasteiger partial charge in [0.05, 0.1) is 7.11 Å². The lowest BCUT2D eigenvalue weighted by molar-refractivity contribution is -0.140. The number of carboxylic acids is 1. The molecule has 0 aromatic heterocycles. The summed E-state index contributed by atoms with van der Waals surface area (Å²) in [6.07, 6.45) is -1.71. The maximum absolute atomic E-state index is 13.5. The molecular weight excluding hydrogens is 201 g/mol. The van der Waals surface area contributed by atoms with E-state index in [0.29, 0.717) is 5.75 Å². The fourth-order valence-electron chi connectivity index (χ4n) is 1.12. The third-order valence-electron chi connectivity index (χ3n) is 2.03. The van der Waals surface area contributed by atoms with Gasteiger partial charge in [-0.2, -0.15) is 0 Å². The van der Waals surface area contributed by atoms with E-state index in [-0.39, 0.29) is 5.56 Å². The van der Waals surface area contributed by atoms with Crippen LogP contribution in [-0.4, -0.2) is 24.2 Å².